The molecule has 0 saturated carbocycles. The van der Waals surface area contributed by atoms with Crippen molar-refractivity contribution in [2.24, 2.45) is 5.16 Å². The van der Waals surface area contributed by atoms with Crippen molar-refractivity contribution in [3.63, 3.8) is 0 Å². The van der Waals surface area contributed by atoms with E-state index in [1.54, 1.807) is 6.07 Å². The van der Waals surface area contributed by atoms with Crippen LogP contribution in [0.1, 0.15) is 22.3 Å². The van der Waals surface area contributed by atoms with E-state index in [2.05, 4.69) is 11.2 Å². The first-order chi connectivity index (χ1) is 9.11. The lowest BCUT2D eigenvalue weighted by Crippen LogP contribution is -2.04. The Kier molecular flexibility index (Phi) is 3.85. The summed E-state index contributed by atoms with van der Waals surface area (Å²) in [6.45, 7) is 3.90. The fourth-order valence-electron chi connectivity index (χ4n) is 1.96. The van der Waals surface area contributed by atoms with Crippen molar-refractivity contribution in [3.05, 3.63) is 64.7 Å². The molecule has 0 spiro atoms. The zero-order chi connectivity index (χ0) is 13.8. The van der Waals surface area contributed by atoms with E-state index in [-0.39, 0.29) is 5.75 Å². The molecule has 0 radical (unpaired) electrons. The van der Waals surface area contributed by atoms with Gasteiger partial charge in [-0.1, -0.05) is 28.9 Å². The van der Waals surface area contributed by atoms with Crippen LogP contribution in [-0.2, 0) is 4.84 Å². The van der Waals surface area contributed by atoms with Crippen molar-refractivity contribution < 1.29 is 9.94 Å². The average Bonchev–Trinajstić information content (AvgIpc) is 2.39. The molecule has 98 valence electrons. The SMILES string of the molecule is CO/N=C(\c1cccc(C)c1)c1ccc(O)c(C)c1. The molecule has 0 aliphatic carbocycles. The Morgan fingerprint density at radius 1 is 1.05 bits per heavy atom. The monoisotopic (exact) mass is 255 g/mol. The zero-order valence-electron chi connectivity index (χ0n) is 11.3. The van der Waals surface area contributed by atoms with Crippen LogP contribution >= 0.6 is 0 Å². The maximum atomic E-state index is 9.60. The van der Waals surface area contributed by atoms with Gasteiger partial charge in [0, 0.05) is 11.1 Å². The number of phenols is 1. The Morgan fingerprint density at radius 3 is 2.42 bits per heavy atom. The number of benzene rings is 2. The van der Waals surface area contributed by atoms with Gasteiger partial charge in [-0.15, -0.1) is 0 Å². The van der Waals surface area contributed by atoms with Crippen LogP contribution in [-0.4, -0.2) is 17.9 Å². The minimum absolute atomic E-state index is 0.282. The molecule has 0 fully saturated rings. The predicted octanol–water partition coefficient (Wildman–Crippen LogP) is 3.41. The lowest BCUT2D eigenvalue weighted by atomic mass is 9.99. The van der Waals surface area contributed by atoms with Crippen molar-refractivity contribution in [2.75, 3.05) is 7.11 Å². The third-order valence-corrected chi connectivity index (χ3v) is 2.94. The van der Waals surface area contributed by atoms with Crippen LogP contribution in [0.4, 0.5) is 0 Å². The van der Waals surface area contributed by atoms with Crippen molar-refractivity contribution >= 4 is 5.71 Å². The van der Waals surface area contributed by atoms with Gasteiger partial charge in [-0.25, -0.2) is 0 Å². The first kappa shape index (κ1) is 13.1. The number of aryl methyl sites for hydroxylation is 2. The van der Waals surface area contributed by atoms with Crippen molar-refractivity contribution in [1.82, 2.24) is 0 Å². The summed E-state index contributed by atoms with van der Waals surface area (Å²) in [5.74, 6) is 0.282. The number of rotatable bonds is 3. The molecule has 0 aromatic heterocycles. The van der Waals surface area contributed by atoms with Crippen LogP contribution in [0, 0.1) is 13.8 Å². The number of oxime groups is 1. The molecule has 0 atom stereocenters. The van der Waals surface area contributed by atoms with E-state index in [4.69, 9.17) is 4.84 Å². The van der Waals surface area contributed by atoms with Gasteiger partial charge in [0.1, 0.15) is 18.6 Å². The summed E-state index contributed by atoms with van der Waals surface area (Å²) >= 11 is 0. The number of nitrogens with zero attached hydrogens (tertiary/aromatic N) is 1. The second-order valence-corrected chi connectivity index (χ2v) is 4.49. The topological polar surface area (TPSA) is 41.8 Å². The average molecular weight is 255 g/mol. The Bertz CT molecular complexity index is 618. The second kappa shape index (κ2) is 5.57. The number of phenolic OH excluding ortho intramolecular Hbond substituents is 1. The largest absolute Gasteiger partial charge is 0.508 e. The minimum atomic E-state index is 0.282. The van der Waals surface area contributed by atoms with E-state index in [1.165, 1.54) is 7.11 Å². The molecule has 3 heteroatoms. The molecule has 0 saturated heterocycles. The first-order valence-corrected chi connectivity index (χ1v) is 6.10. The molecule has 2 aromatic rings. The molecule has 0 bridgehead atoms. The minimum Gasteiger partial charge on any atom is -0.508 e. The highest BCUT2D eigenvalue weighted by molar-refractivity contribution is 6.12. The number of hydrogen-bond donors (Lipinski definition) is 1. The van der Waals surface area contributed by atoms with Gasteiger partial charge in [-0.05, 0) is 43.7 Å². The van der Waals surface area contributed by atoms with Gasteiger partial charge in [0.2, 0.25) is 0 Å². The summed E-state index contributed by atoms with van der Waals surface area (Å²) in [5, 5.41) is 13.7. The van der Waals surface area contributed by atoms with Gasteiger partial charge >= 0.3 is 0 Å². The highest BCUT2D eigenvalue weighted by Crippen LogP contribution is 2.20. The molecular weight excluding hydrogens is 238 g/mol. The van der Waals surface area contributed by atoms with Gasteiger partial charge in [0.05, 0.1) is 0 Å². The molecule has 0 unspecified atom stereocenters. The maximum absolute atomic E-state index is 9.60. The highest BCUT2D eigenvalue weighted by atomic mass is 16.6. The normalized spacial score (nSPS) is 11.4. The van der Waals surface area contributed by atoms with Crippen LogP contribution in [0.5, 0.6) is 5.75 Å². The van der Waals surface area contributed by atoms with E-state index in [9.17, 15) is 5.11 Å². The van der Waals surface area contributed by atoms with Crippen LogP contribution in [0.25, 0.3) is 0 Å². The smallest absolute Gasteiger partial charge is 0.118 e. The fourth-order valence-corrected chi connectivity index (χ4v) is 1.96. The molecule has 2 aromatic carbocycles. The van der Waals surface area contributed by atoms with E-state index in [0.717, 1.165) is 28.0 Å². The Labute approximate surface area is 113 Å². The molecule has 3 nitrogen and oxygen atoms in total. The molecule has 0 aliphatic rings. The zero-order valence-corrected chi connectivity index (χ0v) is 11.3. The molecule has 0 aliphatic heterocycles. The van der Waals surface area contributed by atoms with Gasteiger partial charge < -0.3 is 9.94 Å². The third-order valence-electron chi connectivity index (χ3n) is 2.94. The summed E-state index contributed by atoms with van der Waals surface area (Å²) in [7, 11) is 1.53. The van der Waals surface area contributed by atoms with E-state index in [0.29, 0.717) is 0 Å². The van der Waals surface area contributed by atoms with Gasteiger partial charge in [-0.2, -0.15) is 0 Å². The van der Waals surface area contributed by atoms with Gasteiger partial charge in [0.15, 0.2) is 0 Å². The van der Waals surface area contributed by atoms with E-state index >= 15 is 0 Å². The predicted molar refractivity (Wildman–Crippen MR) is 76.7 cm³/mol. The Morgan fingerprint density at radius 2 is 1.79 bits per heavy atom. The Balaban J connectivity index is 2.52. The molecule has 19 heavy (non-hydrogen) atoms. The third kappa shape index (κ3) is 2.94. The summed E-state index contributed by atoms with van der Waals surface area (Å²) in [4.78, 5) is 4.95. The fraction of sp³-hybridized carbons (Fsp3) is 0.188. The molecule has 1 N–H and O–H groups in total. The lowest BCUT2D eigenvalue weighted by molar-refractivity contribution is 0.214. The molecule has 0 amide bonds. The standard InChI is InChI=1S/C16H17NO2/c1-11-5-4-6-13(9-11)16(17-19-3)14-7-8-15(18)12(2)10-14/h4-10,18H,1-3H3/b17-16+. The van der Waals surface area contributed by atoms with Gasteiger partial charge in [-0.3, -0.25) is 0 Å². The summed E-state index contributed by atoms with van der Waals surface area (Å²) in [6.07, 6.45) is 0. The van der Waals surface area contributed by atoms with E-state index in [1.807, 2.05) is 44.2 Å². The number of hydrogen-bond acceptors (Lipinski definition) is 3. The van der Waals surface area contributed by atoms with Crippen LogP contribution in [0.3, 0.4) is 0 Å². The van der Waals surface area contributed by atoms with Crippen molar-refractivity contribution in [3.8, 4) is 5.75 Å². The second-order valence-electron chi connectivity index (χ2n) is 4.49. The van der Waals surface area contributed by atoms with Crippen LogP contribution in [0.2, 0.25) is 0 Å². The summed E-state index contributed by atoms with van der Waals surface area (Å²) < 4.78 is 0. The van der Waals surface area contributed by atoms with E-state index < -0.39 is 0 Å². The van der Waals surface area contributed by atoms with Crippen molar-refractivity contribution in [1.29, 1.82) is 0 Å². The van der Waals surface area contributed by atoms with Crippen molar-refractivity contribution in [2.45, 2.75) is 13.8 Å². The summed E-state index contributed by atoms with van der Waals surface area (Å²) in [5.41, 5.74) is 4.65. The van der Waals surface area contributed by atoms with Crippen LogP contribution < -0.4 is 0 Å². The lowest BCUT2D eigenvalue weighted by Gasteiger charge is -2.09. The number of aromatic hydroxyl groups is 1. The van der Waals surface area contributed by atoms with Gasteiger partial charge in [0.25, 0.3) is 0 Å². The maximum Gasteiger partial charge on any atom is 0.118 e. The highest BCUT2D eigenvalue weighted by Gasteiger charge is 2.09. The van der Waals surface area contributed by atoms with Crippen LogP contribution in [0.15, 0.2) is 47.6 Å². The summed E-state index contributed by atoms with van der Waals surface area (Å²) in [6, 6.07) is 13.5. The molecule has 0 heterocycles. The molecular formula is C16H17NO2. The Hall–Kier alpha value is -2.29. The molecule has 2 rings (SSSR count). The quantitative estimate of drug-likeness (QED) is 0.674. The first-order valence-electron chi connectivity index (χ1n) is 6.10.